The highest BCUT2D eigenvalue weighted by atomic mass is 35.5. The summed E-state index contributed by atoms with van der Waals surface area (Å²) < 4.78 is 2.17. The van der Waals surface area contributed by atoms with Crippen molar-refractivity contribution in [2.24, 2.45) is 0 Å². The summed E-state index contributed by atoms with van der Waals surface area (Å²) in [6.45, 7) is 9.66. The molecule has 104 valence electrons. The van der Waals surface area contributed by atoms with Gasteiger partial charge in [0.15, 0.2) is 5.65 Å². The SMILES string of the molecule is CCN(CC)CC(C)n1c(CCl)nc2cccnc21. The zero-order chi connectivity index (χ0) is 13.8. The maximum Gasteiger partial charge on any atom is 0.160 e. The number of imidazole rings is 1. The van der Waals surface area contributed by atoms with Crippen molar-refractivity contribution in [1.29, 1.82) is 0 Å². The second kappa shape index (κ2) is 6.35. The molecule has 0 saturated heterocycles. The molecule has 2 rings (SSSR count). The molecule has 5 heteroatoms. The van der Waals surface area contributed by atoms with Crippen molar-refractivity contribution in [3.8, 4) is 0 Å². The Hall–Kier alpha value is -1.13. The van der Waals surface area contributed by atoms with Crippen molar-refractivity contribution >= 4 is 22.8 Å². The quantitative estimate of drug-likeness (QED) is 0.763. The first-order valence-corrected chi connectivity index (χ1v) is 7.34. The summed E-state index contributed by atoms with van der Waals surface area (Å²) in [5.41, 5.74) is 1.85. The first-order valence-electron chi connectivity index (χ1n) is 6.81. The summed E-state index contributed by atoms with van der Waals surface area (Å²) in [7, 11) is 0. The summed E-state index contributed by atoms with van der Waals surface area (Å²) in [5, 5.41) is 0. The molecule has 2 aromatic heterocycles. The molecule has 0 aliphatic rings. The van der Waals surface area contributed by atoms with Crippen LogP contribution in [-0.4, -0.2) is 39.1 Å². The van der Waals surface area contributed by atoms with Gasteiger partial charge < -0.3 is 9.47 Å². The lowest BCUT2D eigenvalue weighted by Gasteiger charge is -2.24. The van der Waals surface area contributed by atoms with Gasteiger partial charge in [-0.25, -0.2) is 9.97 Å². The van der Waals surface area contributed by atoms with Crippen molar-refractivity contribution in [1.82, 2.24) is 19.4 Å². The van der Waals surface area contributed by atoms with Crippen LogP contribution in [-0.2, 0) is 5.88 Å². The van der Waals surface area contributed by atoms with Gasteiger partial charge in [-0.2, -0.15) is 0 Å². The first-order chi connectivity index (χ1) is 9.21. The number of pyridine rings is 1. The molecule has 0 aromatic carbocycles. The number of alkyl halides is 1. The average Bonchev–Trinajstić information content (AvgIpc) is 2.83. The molecular formula is C14H21ClN4. The topological polar surface area (TPSA) is 34.0 Å². The van der Waals surface area contributed by atoms with Crippen LogP contribution >= 0.6 is 11.6 Å². The number of aromatic nitrogens is 3. The molecule has 0 spiro atoms. The van der Waals surface area contributed by atoms with Gasteiger partial charge in [0.25, 0.3) is 0 Å². The predicted octanol–water partition coefficient (Wildman–Crippen LogP) is 3.07. The van der Waals surface area contributed by atoms with Crippen LogP contribution in [0.15, 0.2) is 18.3 Å². The van der Waals surface area contributed by atoms with Crippen molar-refractivity contribution in [2.45, 2.75) is 32.7 Å². The lowest BCUT2D eigenvalue weighted by Crippen LogP contribution is -2.30. The molecule has 0 aliphatic carbocycles. The van der Waals surface area contributed by atoms with Crippen LogP contribution in [0, 0.1) is 0 Å². The van der Waals surface area contributed by atoms with Gasteiger partial charge in [-0.1, -0.05) is 13.8 Å². The van der Waals surface area contributed by atoms with Gasteiger partial charge in [-0.3, -0.25) is 0 Å². The molecule has 2 aromatic rings. The Morgan fingerprint density at radius 3 is 2.74 bits per heavy atom. The smallest absolute Gasteiger partial charge is 0.160 e. The van der Waals surface area contributed by atoms with Crippen molar-refractivity contribution < 1.29 is 0 Å². The van der Waals surface area contributed by atoms with E-state index in [9.17, 15) is 0 Å². The van der Waals surface area contributed by atoms with Gasteiger partial charge in [0, 0.05) is 18.8 Å². The van der Waals surface area contributed by atoms with E-state index in [1.54, 1.807) is 0 Å². The summed E-state index contributed by atoms with van der Waals surface area (Å²) >= 11 is 6.03. The molecule has 0 amide bonds. The lowest BCUT2D eigenvalue weighted by atomic mass is 10.3. The standard InChI is InChI=1S/C14H21ClN4/c1-4-18(5-2)10-11(3)19-13(9-15)17-12-7-6-8-16-14(12)19/h6-8,11H,4-5,9-10H2,1-3H3. The number of fused-ring (bicyclic) bond motifs is 1. The number of hydrogen-bond acceptors (Lipinski definition) is 3. The van der Waals surface area contributed by atoms with E-state index < -0.39 is 0 Å². The Bertz CT molecular complexity index is 533. The third-order valence-corrected chi connectivity index (χ3v) is 3.74. The van der Waals surface area contributed by atoms with Crippen LogP contribution in [0.5, 0.6) is 0 Å². The predicted molar refractivity (Wildman–Crippen MR) is 79.6 cm³/mol. The van der Waals surface area contributed by atoms with Crippen LogP contribution in [0.25, 0.3) is 11.2 Å². The molecule has 19 heavy (non-hydrogen) atoms. The molecule has 4 nitrogen and oxygen atoms in total. The number of nitrogens with zero attached hydrogens (tertiary/aromatic N) is 4. The van der Waals surface area contributed by atoms with Crippen LogP contribution < -0.4 is 0 Å². The molecule has 0 aliphatic heterocycles. The van der Waals surface area contributed by atoms with Crippen molar-refractivity contribution in [3.63, 3.8) is 0 Å². The Labute approximate surface area is 119 Å². The zero-order valence-electron chi connectivity index (χ0n) is 11.8. The number of hydrogen-bond donors (Lipinski definition) is 0. The summed E-state index contributed by atoms with van der Waals surface area (Å²) in [6, 6.07) is 4.21. The van der Waals surface area contributed by atoms with E-state index in [1.165, 1.54) is 0 Å². The van der Waals surface area contributed by atoms with Gasteiger partial charge in [0.1, 0.15) is 11.3 Å². The molecule has 0 fully saturated rings. The Balaban J connectivity index is 2.36. The highest BCUT2D eigenvalue weighted by molar-refractivity contribution is 6.16. The molecule has 0 radical (unpaired) electrons. The fourth-order valence-corrected chi connectivity index (χ4v) is 2.66. The van der Waals surface area contributed by atoms with Crippen LogP contribution in [0.4, 0.5) is 0 Å². The van der Waals surface area contributed by atoms with Crippen LogP contribution in [0.3, 0.4) is 0 Å². The van der Waals surface area contributed by atoms with E-state index in [0.717, 1.165) is 36.6 Å². The molecule has 0 saturated carbocycles. The third-order valence-electron chi connectivity index (χ3n) is 3.50. The van der Waals surface area contributed by atoms with E-state index in [2.05, 4.69) is 40.2 Å². The van der Waals surface area contributed by atoms with Gasteiger partial charge >= 0.3 is 0 Å². The summed E-state index contributed by atoms with van der Waals surface area (Å²) in [6.07, 6.45) is 1.81. The molecule has 1 unspecified atom stereocenters. The molecule has 0 bridgehead atoms. The van der Waals surface area contributed by atoms with E-state index in [0.29, 0.717) is 11.9 Å². The van der Waals surface area contributed by atoms with Crippen molar-refractivity contribution in [3.05, 3.63) is 24.2 Å². The molecular weight excluding hydrogens is 260 g/mol. The first kappa shape index (κ1) is 14.3. The average molecular weight is 281 g/mol. The molecule has 2 heterocycles. The van der Waals surface area contributed by atoms with E-state index in [4.69, 9.17) is 11.6 Å². The van der Waals surface area contributed by atoms with Gasteiger partial charge in [-0.05, 0) is 32.1 Å². The Kier molecular flexibility index (Phi) is 4.77. The minimum Gasteiger partial charge on any atom is -0.308 e. The minimum absolute atomic E-state index is 0.313. The van der Waals surface area contributed by atoms with Gasteiger partial charge in [0.05, 0.1) is 5.88 Å². The number of rotatable bonds is 6. The summed E-state index contributed by atoms with van der Waals surface area (Å²) in [5.74, 6) is 1.31. The highest BCUT2D eigenvalue weighted by Gasteiger charge is 2.17. The van der Waals surface area contributed by atoms with Crippen molar-refractivity contribution in [2.75, 3.05) is 19.6 Å². The number of halogens is 1. The van der Waals surface area contributed by atoms with Gasteiger partial charge in [0.2, 0.25) is 0 Å². The van der Waals surface area contributed by atoms with E-state index in [-0.39, 0.29) is 0 Å². The molecule has 1 atom stereocenters. The maximum absolute atomic E-state index is 6.03. The minimum atomic E-state index is 0.313. The Morgan fingerprint density at radius 1 is 1.37 bits per heavy atom. The van der Waals surface area contributed by atoms with E-state index >= 15 is 0 Å². The highest BCUT2D eigenvalue weighted by Crippen LogP contribution is 2.21. The van der Waals surface area contributed by atoms with Crippen LogP contribution in [0.2, 0.25) is 0 Å². The third kappa shape index (κ3) is 2.90. The van der Waals surface area contributed by atoms with E-state index in [1.807, 2.05) is 18.3 Å². The number of likely N-dealkylation sites (N-methyl/N-ethyl adjacent to an activating group) is 1. The molecule has 0 N–H and O–H groups in total. The Morgan fingerprint density at radius 2 is 2.11 bits per heavy atom. The summed E-state index contributed by atoms with van der Waals surface area (Å²) in [4.78, 5) is 11.4. The second-order valence-corrected chi connectivity index (χ2v) is 4.98. The van der Waals surface area contributed by atoms with Gasteiger partial charge in [-0.15, -0.1) is 11.6 Å². The largest absolute Gasteiger partial charge is 0.308 e. The monoisotopic (exact) mass is 280 g/mol. The maximum atomic E-state index is 6.03. The zero-order valence-corrected chi connectivity index (χ0v) is 12.6. The fourth-order valence-electron chi connectivity index (χ4n) is 2.47. The lowest BCUT2D eigenvalue weighted by molar-refractivity contribution is 0.261. The normalized spacial score (nSPS) is 13.3. The van der Waals surface area contributed by atoms with Crippen LogP contribution in [0.1, 0.15) is 32.6 Å². The second-order valence-electron chi connectivity index (χ2n) is 4.71. The fraction of sp³-hybridized carbons (Fsp3) is 0.571.